The third-order valence-electron chi connectivity index (χ3n) is 2.60. The molecular formula is C13H19N3O5. The lowest BCUT2D eigenvalue weighted by molar-refractivity contribution is -0.142. The number of carboxylic acid groups (broad SMARTS) is 1. The molecule has 1 atom stereocenters. The number of H-pyrrole nitrogens is 1. The third-order valence-corrected chi connectivity index (χ3v) is 2.60. The average molecular weight is 297 g/mol. The van der Waals surface area contributed by atoms with Crippen molar-refractivity contribution in [3.05, 3.63) is 33.1 Å². The van der Waals surface area contributed by atoms with Crippen molar-refractivity contribution in [2.45, 2.75) is 39.8 Å². The number of carbonyl (C=O) groups is 2. The molecule has 0 aromatic carbocycles. The van der Waals surface area contributed by atoms with Crippen molar-refractivity contribution >= 4 is 11.9 Å². The van der Waals surface area contributed by atoms with E-state index in [9.17, 15) is 19.2 Å². The van der Waals surface area contributed by atoms with Crippen molar-refractivity contribution < 1.29 is 14.7 Å². The number of nitrogens with zero attached hydrogens (tertiary/aromatic N) is 1. The molecule has 1 amide bonds. The monoisotopic (exact) mass is 297 g/mol. The smallest absolute Gasteiger partial charge is 0.328 e. The Morgan fingerprint density at radius 1 is 1.38 bits per heavy atom. The summed E-state index contributed by atoms with van der Waals surface area (Å²) in [5.41, 5.74) is -1.57. The number of aliphatic carboxylic acids is 1. The molecular weight excluding hydrogens is 278 g/mol. The van der Waals surface area contributed by atoms with Gasteiger partial charge in [0.15, 0.2) is 0 Å². The molecule has 0 saturated carbocycles. The van der Waals surface area contributed by atoms with Gasteiger partial charge in [0.05, 0.1) is 6.54 Å². The predicted molar refractivity (Wildman–Crippen MR) is 75.0 cm³/mol. The Kier molecular flexibility index (Phi) is 5.07. The normalized spacial score (nSPS) is 12.7. The first-order chi connectivity index (χ1) is 9.58. The number of hydrogen-bond donors (Lipinski definition) is 3. The average Bonchev–Trinajstić information content (AvgIpc) is 2.28. The molecule has 0 fully saturated rings. The van der Waals surface area contributed by atoms with E-state index < -0.39 is 29.2 Å². The van der Waals surface area contributed by atoms with Gasteiger partial charge in [0.25, 0.3) is 5.56 Å². The van der Waals surface area contributed by atoms with Gasteiger partial charge in [-0.05, 0) is 5.41 Å². The topological polar surface area (TPSA) is 121 Å². The summed E-state index contributed by atoms with van der Waals surface area (Å²) in [5, 5.41) is 11.5. The molecule has 116 valence electrons. The van der Waals surface area contributed by atoms with Gasteiger partial charge in [0.1, 0.15) is 6.04 Å². The van der Waals surface area contributed by atoms with E-state index in [4.69, 9.17) is 5.11 Å². The highest BCUT2D eigenvalue weighted by Crippen LogP contribution is 2.17. The van der Waals surface area contributed by atoms with Crippen molar-refractivity contribution in [3.63, 3.8) is 0 Å². The number of carbonyl (C=O) groups excluding carboxylic acids is 1. The van der Waals surface area contributed by atoms with E-state index in [0.29, 0.717) is 0 Å². The van der Waals surface area contributed by atoms with Crippen LogP contribution in [0.4, 0.5) is 0 Å². The van der Waals surface area contributed by atoms with Crippen molar-refractivity contribution in [1.82, 2.24) is 14.9 Å². The highest BCUT2D eigenvalue weighted by Gasteiger charge is 2.23. The van der Waals surface area contributed by atoms with E-state index in [1.165, 1.54) is 6.20 Å². The second kappa shape index (κ2) is 6.38. The molecule has 0 radical (unpaired) electrons. The van der Waals surface area contributed by atoms with Crippen molar-refractivity contribution in [2.75, 3.05) is 0 Å². The molecule has 1 aromatic rings. The second-order valence-electron chi connectivity index (χ2n) is 5.96. The first kappa shape index (κ1) is 16.7. The van der Waals surface area contributed by atoms with Crippen molar-refractivity contribution in [3.8, 4) is 0 Å². The maximum Gasteiger partial charge on any atom is 0.328 e. The standard InChI is InChI=1S/C13H19N3O5/c1-13(2,3)6-10(18)14-8(11(19)20)7-16-5-4-9(17)15-12(16)21/h4-5,8H,6-7H2,1-3H3,(H,14,18)(H,19,20)(H,15,17,21)/t8-/m0/s1. The van der Waals surface area contributed by atoms with Crippen LogP contribution in [0, 0.1) is 5.41 Å². The fourth-order valence-corrected chi connectivity index (χ4v) is 1.70. The molecule has 3 N–H and O–H groups in total. The summed E-state index contributed by atoms with van der Waals surface area (Å²) in [5.74, 6) is -1.66. The lowest BCUT2D eigenvalue weighted by Gasteiger charge is -2.20. The summed E-state index contributed by atoms with van der Waals surface area (Å²) in [7, 11) is 0. The predicted octanol–water partition coefficient (Wildman–Crippen LogP) is -0.458. The summed E-state index contributed by atoms with van der Waals surface area (Å²) < 4.78 is 1.03. The Morgan fingerprint density at radius 2 is 2.00 bits per heavy atom. The Bertz CT molecular complexity index is 638. The largest absolute Gasteiger partial charge is 0.480 e. The molecule has 0 bridgehead atoms. The van der Waals surface area contributed by atoms with Crippen molar-refractivity contribution in [1.29, 1.82) is 0 Å². The summed E-state index contributed by atoms with van der Waals surface area (Å²) in [6, 6.07) is -0.138. The lowest BCUT2D eigenvalue weighted by Crippen LogP contribution is -2.46. The fraction of sp³-hybridized carbons (Fsp3) is 0.538. The Balaban J connectivity index is 2.84. The Hall–Kier alpha value is -2.38. The summed E-state index contributed by atoms with van der Waals surface area (Å²) >= 11 is 0. The number of aromatic amines is 1. The fourth-order valence-electron chi connectivity index (χ4n) is 1.70. The molecule has 21 heavy (non-hydrogen) atoms. The van der Waals surface area contributed by atoms with Crippen LogP contribution in [-0.4, -0.2) is 32.6 Å². The highest BCUT2D eigenvalue weighted by atomic mass is 16.4. The molecule has 1 aromatic heterocycles. The van der Waals surface area contributed by atoms with Crippen LogP contribution in [0.5, 0.6) is 0 Å². The summed E-state index contributed by atoms with van der Waals surface area (Å²) in [4.78, 5) is 47.4. The summed E-state index contributed by atoms with van der Waals surface area (Å²) in [6.45, 7) is 5.30. The zero-order valence-electron chi connectivity index (χ0n) is 12.2. The highest BCUT2D eigenvalue weighted by molar-refractivity contribution is 5.83. The molecule has 0 aliphatic heterocycles. The van der Waals surface area contributed by atoms with Gasteiger partial charge in [-0.15, -0.1) is 0 Å². The number of nitrogens with one attached hydrogen (secondary N) is 2. The van der Waals surface area contributed by atoms with E-state index in [-0.39, 0.29) is 18.4 Å². The van der Waals surface area contributed by atoms with Crippen LogP contribution in [0.1, 0.15) is 27.2 Å². The zero-order valence-corrected chi connectivity index (χ0v) is 12.2. The molecule has 0 aliphatic rings. The number of aromatic nitrogens is 2. The van der Waals surface area contributed by atoms with Crippen LogP contribution >= 0.6 is 0 Å². The van der Waals surface area contributed by atoms with Gasteiger partial charge in [0.2, 0.25) is 5.91 Å². The van der Waals surface area contributed by atoms with Crippen LogP contribution in [0.25, 0.3) is 0 Å². The van der Waals surface area contributed by atoms with Gasteiger partial charge >= 0.3 is 11.7 Å². The molecule has 0 saturated heterocycles. The van der Waals surface area contributed by atoms with Gasteiger partial charge in [-0.25, -0.2) is 9.59 Å². The molecule has 0 spiro atoms. The van der Waals surface area contributed by atoms with Gasteiger partial charge in [-0.3, -0.25) is 19.1 Å². The van der Waals surface area contributed by atoms with Gasteiger partial charge in [-0.1, -0.05) is 20.8 Å². The molecule has 8 nitrogen and oxygen atoms in total. The maximum atomic E-state index is 11.8. The van der Waals surface area contributed by atoms with E-state index in [1.54, 1.807) is 0 Å². The number of carboxylic acids is 1. The SMILES string of the molecule is CC(C)(C)CC(=O)N[C@@H](Cn1ccc(=O)[nH]c1=O)C(=O)O. The van der Waals surface area contributed by atoms with E-state index >= 15 is 0 Å². The van der Waals surface area contributed by atoms with Gasteiger partial charge < -0.3 is 10.4 Å². The van der Waals surface area contributed by atoms with E-state index in [0.717, 1.165) is 10.6 Å². The zero-order chi connectivity index (χ0) is 16.2. The third kappa shape index (κ3) is 5.64. The maximum absolute atomic E-state index is 11.8. The van der Waals surface area contributed by atoms with Gasteiger partial charge in [-0.2, -0.15) is 0 Å². The Labute approximate surface area is 120 Å². The minimum absolute atomic E-state index is 0.164. The first-order valence-corrected chi connectivity index (χ1v) is 6.40. The second-order valence-corrected chi connectivity index (χ2v) is 5.96. The molecule has 0 aliphatic carbocycles. The molecule has 1 heterocycles. The lowest BCUT2D eigenvalue weighted by atomic mass is 9.92. The van der Waals surface area contributed by atoms with Gasteiger partial charge in [0, 0.05) is 18.7 Å². The molecule has 1 rings (SSSR count). The quantitative estimate of drug-likeness (QED) is 0.679. The summed E-state index contributed by atoms with van der Waals surface area (Å²) in [6.07, 6.45) is 1.35. The van der Waals surface area contributed by atoms with Crippen LogP contribution in [0.3, 0.4) is 0 Å². The van der Waals surface area contributed by atoms with E-state index in [1.807, 2.05) is 25.8 Å². The van der Waals surface area contributed by atoms with Crippen LogP contribution in [-0.2, 0) is 16.1 Å². The van der Waals surface area contributed by atoms with Crippen LogP contribution in [0.15, 0.2) is 21.9 Å². The number of hydrogen-bond acceptors (Lipinski definition) is 4. The first-order valence-electron chi connectivity index (χ1n) is 6.40. The number of rotatable bonds is 5. The number of amides is 1. The van der Waals surface area contributed by atoms with E-state index in [2.05, 4.69) is 5.32 Å². The Morgan fingerprint density at radius 3 is 2.48 bits per heavy atom. The molecule has 0 unspecified atom stereocenters. The van der Waals surface area contributed by atoms with Crippen LogP contribution in [0.2, 0.25) is 0 Å². The molecule has 8 heteroatoms. The van der Waals surface area contributed by atoms with Crippen molar-refractivity contribution in [2.24, 2.45) is 5.41 Å². The minimum atomic E-state index is -1.25. The van der Waals surface area contributed by atoms with Crippen LogP contribution < -0.4 is 16.6 Å². The minimum Gasteiger partial charge on any atom is -0.480 e.